The van der Waals surface area contributed by atoms with Crippen molar-refractivity contribution in [2.45, 2.75) is 66.7 Å². The van der Waals surface area contributed by atoms with Crippen LogP contribution in [0.1, 0.15) is 68.5 Å². The second kappa shape index (κ2) is 8.55. The van der Waals surface area contributed by atoms with Crippen molar-refractivity contribution in [3.05, 3.63) is 82.7 Å². The molecule has 0 unspecified atom stereocenters. The molecular weight excluding hydrogens is 452 g/mol. The lowest BCUT2D eigenvalue weighted by molar-refractivity contribution is 0.331. The van der Waals surface area contributed by atoms with E-state index >= 15 is 0 Å². The number of nitrogens with zero attached hydrogens (tertiary/aromatic N) is 2. The van der Waals surface area contributed by atoms with Crippen molar-refractivity contribution in [1.82, 2.24) is 9.97 Å². The number of rotatable bonds is 5. The Morgan fingerprint density at radius 1 is 0.784 bits per heavy atom. The monoisotopic (exact) mass is 488 g/mol. The van der Waals surface area contributed by atoms with Gasteiger partial charge < -0.3 is 4.42 Å². The summed E-state index contributed by atoms with van der Waals surface area (Å²) in [7, 11) is 0. The standard InChI is InChI=1S/C34H36N2O/c1-19(2)16-34(17-20(3)4)28-11-9-8-10-24(28)26-15-27-25-13-12-21(5)30(29-14-22(6)23(7)18-35-29)31(25)37-33(27)36-32(26)34/h8-15,18-20H,16-17H2,1-7H3. The van der Waals surface area contributed by atoms with Crippen LogP contribution in [0, 0.1) is 32.6 Å². The van der Waals surface area contributed by atoms with Crippen LogP contribution in [0.5, 0.6) is 0 Å². The molecule has 0 bridgehead atoms. The summed E-state index contributed by atoms with van der Waals surface area (Å²) in [6, 6.07) is 17.8. The molecule has 3 heteroatoms. The topological polar surface area (TPSA) is 38.9 Å². The van der Waals surface area contributed by atoms with Gasteiger partial charge in [-0.1, -0.05) is 64.1 Å². The fourth-order valence-electron chi connectivity index (χ4n) is 6.67. The Balaban J connectivity index is 1.66. The van der Waals surface area contributed by atoms with Crippen LogP contribution in [0.4, 0.5) is 0 Å². The van der Waals surface area contributed by atoms with Crippen LogP contribution in [0.2, 0.25) is 0 Å². The fraction of sp³-hybridized carbons (Fsp3) is 0.353. The number of pyridine rings is 2. The Morgan fingerprint density at radius 2 is 1.51 bits per heavy atom. The van der Waals surface area contributed by atoms with Crippen molar-refractivity contribution in [3.63, 3.8) is 0 Å². The highest BCUT2D eigenvalue weighted by atomic mass is 16.3. The summed E-state index contributed by atoms with van der Waals surface area (Å²) in [6.45, 7) is 15.7. The van der Waals surface area contributed by atoms with E-state index in [2.05, 4.69) is 97.0 Å². The summed E-state index contributed by atoms with van der Waals surface area (Å²) in [5, 5.41) is 2.19. The van der Waals surface area contributed by atoms with E-state index in [1.807, 2.05) is 6.20 Å². The van der Waals surface area contributed by atoms with Gasteiger partial charge in [0.25, 0.3) is 0 Å². The number of aromatic nitrogens is 2. The smallest absolute Gasteiger partial charge is 0.227 e. The molecule has 2 aromatic carbocycles. The van der Waals surface area contributed by atoms with Crippen LogP contribution >= 0.6 is 0 Å². The number of furan rings is 1. The van der Waals surface area contributed by atoms with Crippen molar-refractivity contribution in [2.24, 2.45) is 11.8 Å². The van der Waals surface area contributed by atoms with E-state index in [4.69, 9.17) is 14.4 Å². The lowest BCUT2D eigenvalue weighted by Crippen LogP contribution is -2.30. The van der Waals surface area contributed by atoms with Crippen LogP contribution in [0.3, 0.4) is 0 Å². The zero-order valence-electron chi connectivity index (χ0n) is 23.1. The summed E-state index contributed by atoms with van der Waals surface area (Å²) >= 11 is 0. The van der Waals surface area contributed by atoms with Crippen LogP contribution in [0.25, 0.3) is 44.5 Å². The molecule has 5 aromatic rings. The number of fused-ring (bicyclic) bond motifs is 6. The van der Waals surface area contributed by atoms with Gasteiger partial charge in [0.15, 0.2) is 0 Å². The molecule has 0 N–H and O–H groups in total. The lowest BCUT2D eigenvalue weighted by Gasteiger charge is -2.34. The molecule has 0 radical (unpaired) electrons. The average Bonchev–Trinajstić information content (AvgIpc) is 3.32. The first kappa shape index (κ1) is 23.9. The van der Waals surface area contributed by atoms with E-state index in [1.54, 1.807) is 0 Å². The van der Waals surface area contributed by atoms with Gasteiger partial charge in [0.05, 0.1) is 11.4 Å². The van der Waals surface area contributed by atoms with Gasteiger partial charge in [0.2, 0.25) is 5.71 Å². The molecule has 0 aliphatic heterocycles. The van der Waals surface area contributed by atoms with Gasteiger partial charge in [-0.05, 0) is 85.4 Å². The SMILES string of the molecule is Cc1cnc(-c2c(C)ccc3c2oc2nc4c(cc23)-c2ccccc2C4(CC(C)C)CC(C)C)cc1C. The summed E-state index contributed by atoms with van der Waals surface area (Å²) in [6.07, 6.45) is 4.11. The van der Waals surface area contributed by atoms with Crippen molar-refractivity contribution in [2.75, 3.05) is 0 Å². The molecule has 1 aliphatic carbocycles. The second-order valence-corrected chi connectivity index (χ2v) is 12.0. The molecule has 0 spiro atoms. The lowest BCUT2D eigenvalue weighted by atomic mass is 9.69. The van der Waals surface area contributed by atoms with E-state index in [0.717, 1.165) is 51.7 Å². The average molecular weight is 489 g/mol. The highest BCUT2D eigenvalue weighted by Gasteiger charge is 2.45. The molecular formula is C34H36N2O. The molecule has 0 amide bonds. The van der Waals surface area contributed by atoms with E-state index in [0.29, 0.717) is 11.8 Å². The molecule has 0 saturated heterocycles. The van der Waals surface area contributed by atoms with Crippen LogP contribution in [-0.2, 0) is 5.41 Å². The first-order valence-corrected chi connectivity index (χ1v) is 13.6. The minimum absolute atomic E-state index is 0.101. The largest absolute Gasteiger partial charge is 0.437 e. The normalized spacial score (nSPS) is 14.2. The maximum Gasteiger partial charge on any atom is 0.227 e. The van der Waals surface area contributed by atoms with Gasteiger partial charge in [-0.3, -0.25) is 4.98 Å². The third kappa shape index (κ3) is 3.62. The highest BCUT2D eigenvalue weighted by Crippen LogP contribution is 2.55. The van der Waals surface area contributed by atoms with Gasteiger partial charge >= 0.3 is 0 Å². The van der Waals surface area contributed by atoms with Gasteiger partial charge in [0.1, 0.15) is 5.58 Å². The first-order chi connectivity index (χ1) is 17.7. The third-order valence-electron chi connectivity index (χ3n) is 8.17. The molecule has 0 atom stereocenters. The molecule has 0 saturated carbocycles. The molecule has 3 nitrogen and oxygen atoms in total. The van der Waals surface area contributed by atoms with Gasteiger partial charge in [0, 0.05) is 33.5 Å². The number of benzene rings is 2. The molecule has 37 heavy (non-hydrogen) atoms. The maximum absolute atomic E-state index is 6.67. The van der Waals surface area contributed by atoms with Gasteiger partial charge in [-0.15, -0.1) is 0 Å². The molecule has 188 valence electrons. The van der Waals surface area contributed by atoms with E-state index in [-0.39, 0.29) is 5.41 Å². The van der Waals surface area contributed by atoms with Gasteiger partial charge in [-0.25, -0.2) is 4.98 Å². The summed E-state index contributed by atoms with van der Waals surface area (Å²) in [4.78, 5) is 10.2. The predicted molar refractivity (Wildman–Crippen MR) is 154 cm³/mol. The number of hydrogen-bond acceptors (Lipinski definition) is 3. The summed E-state index contributed by atoms with van der Waals surface area (Å²) < 4.78 is 6.67. The molecule has 3 aromatic heterocycles. The molecule has 0 fully saturated rings. The summed E-state index contributed by atoms with van der Waals surface area (Å²) in [5.74, 6) is 1.10. The number of aryl methyl sites for hydroxylation is 3. The maximum atomic E-state index is 6.67. The zero-order chi connectivity index (χ0) is 26.1. The van der Waals surface area contributed by atoms with Crippen LogP contribution < -0.4 is 0 Å². The highest BCUT2D eigenvalue weighted by molar-refractivity contribution is 6.10. The van der Waals surface area contributed by atoms with Gasteiger partial charge in [-0.2, -0.15) is 0 Å². The third-order valence-corrected chi connectivity index (χ3v) is 8.17. The number of hydrogen-bond donors (Lipinski definition) is 0. The first-order valence-electron chi connectivity index (χ1n) is 13.6. The quantitative estimate of drug-likeness (QED) is 0.247. The Morgan fingerprint density at radius 3 is 2.22 bits per heavy atom. The zero-order valence-corrected chi connectivity index (χ0v) is 23.1. The summed E-state index contributed by atoms with van der Waals surface area (Å²) in [5.41, 5.74) is 12.3. The second-order valence-electron chi connectivity index (χ2n) is 12.0. The van der Waals surface area contributed by atoms with E-state index in [9.17, 15) is 0 Å². The Bertz CT molecular complexity index is 1660. The van der Waals surface area contributed by atoms with Crippen molar-refractivity contribution >= 4 is 22.1 Å². The predicted octanol–water partition coefficient (Wildman–Crippen LogP) is 9.33. The van der Waals surface area contributed by atoms with Crippen molar-refractivity contribution < 1.29 is 4.42 Å². The molecule has 1 aliphatic rings. The minimum atomic E-state index is -0.101. The fourth-order valence-corrected chi connectivity index (χ4v) is 6.67. The van der Waals surface area contributed by atoms with Crippen LogP contribution in [0.15, 0.2) is 59.1 Å². The van der Waals surface area contributed by atoms with Crippen LogP contribution in [-0.4, -0.2) is 9.97 Å². The Kier molecular flexibility index (Phi) is 5.52. The Hall–Kier alpha value is -3.46. The Labute approximate surface area is 220 Å². The van der Waals surface area contributed by atoms with E-state index < -0.39 is 0 Å². The molecule has 3 heterocycles. The van der Waals surface area contributed by atoms with Crippen molar-refractivity contribution in [1.29, 1.82) is 0 Å². The van der Waals surface area contributed by atoms with Crippen molar-refractivity contribution in [3.8, 4) is 22.4 Å². The van der Waals surface area contributed by atoms with E-state index in [1.165, 1.54) is 33.5 Å². The molecule has 6 rings (SSSR count). The minimum Gasteiger partial charge on any atom is -0.437 e.